The van der Waals surface area contributed by atoms with Gasteiger partial charge in [-0.1, -0.05) is 19.0 Å². The molecule has 0 aromatic carbocycles. The van der Waals surface area contributed by atoms with Crippen LogP contribution in [-0.2, 0) is 6.54 Å². The van der Waals surface area contributed by atoms with Crippen LogP contribution in [0.15, 0.2) is 16.8 Å². The van der Waals surface area contributed by atoms with Crippen molar-refractivity contribution in [3.63, 3.8) is 0 Å². The van der Waals surface area contributed by atoms with Crippen LogP contribution in [0.3, 0.4) is 0 Å². The summed E-state index contributed by atoms with van der Waals surface area (Å²) in [5.74, 6) is 1.11. The number of aromatic nitrogens is 4. The number of aromatic amines is 1. The van der Waals surface area contributed by atoms with Crippen LogP contribution in [-0.4, -0.2) is 26.4 Å². The highest BCUT2D eigenvalue weighted by Crippen LogP contribution is 2.12. The molecule has 0 saturated heterocycles. The van der Waals surface area contributed by atoms with Crippen LogP contribution in [0.25, 0.3) is 11.6 Å². The molecule has 2 aromatic rings. The Balaban J connectivity index is 2.04. The summed E-state index contributed by atoms with van der Waals surface area (Å²) in [5, 5.41) is 13.6. The van der Waals surface area contributed by atoms with Gasteiger partial charge in [-0.3, -0.25) is 5.10 Å². The highest BCUT2D eigenvalue weighted by molar-refractivity contribution is 5.44. The van der Waals surface area contributed by atoms with Gasteiger partial charge in [-0.25, -0.2) is 0 Å². The van der Waals surface area contributed by atoms with Gasteiger partial charge in [0.15, 0.2) is 5.82 Å². The van der Waals surface area contributed by atoms with Crippen LogP contribution < -0.4 is 5.32 Å². The summed E-state index contributed by atoms with van der Waals surface area (Å²) in [7, 11) is 0. The molecular weight excluding hydrogens is 194 g/mol. The van der Waals surface area contributed by atoms with Crippen LogP contribution in [0.5, 0.6) is 0 Å². The number of H-pyrrole nitrogens is 1. The highest BCUT2D eigenvalue weighted by Gasteiger charge is 2.09. The average Bonchev–Trinajstić information content (AvgIpc) is 2.85. The van der Waals surface area contributed by atoms with E-state index in [1.807, 2.05) is 0 Å². The molecule has 0 bridgehead atoms. The van der Waals surface area contributed by atoms with Crippen LogP contribution in [0.2, 0.25) is 0 Å². The fourth-order valence-electron chi connectivity index (χ4n) is 1.11. The van der Waals surface area contributed by atoms with Gasteiger partial charge in [0.05, 0.1) is 6.54 Å². The smallest absolute Gasteiger partial charge is 0.275 e. The molecule has 0 radical (unpaired) electrons. The SMILES string of the molecule is CC(C)NCc1noc(-c2ccn[nH]2)n1. The quantitative estimate of drug-likeness (QED) is 0.780. The van der Waals surface area contributed by atoms with E-state index in [1.165, 1.54) is 0 Å². The molecule has 2 aromatic heterocycles. The Morgan fingerprint density at radius 1 is 1.53 bits per heavy atom. The molecule has 0 atom stereocenters. The van der Waals surface area contributed by atoms with Gasteiger partial charge < -0.3 is 9.84 Å². The molecule has 0 aliphatic carbocycles. The van der Waals surface area contributed by atoms with E-state index in [0.717, 1.165) is 5.69 Å². The molecule has 0 fully saturated rings. The Morgan fingerprint density at radius 2 is 2.40 bits per heavy atom. The van der Waals surface area contributed by atoms with Gasteiger partial charge in [-0.2, -0.15) is 10.1 Å². The van der Waals surface area contributed by atoms with Gasteiger partial charge in [-0.05, 0) is 6.07 Å². The summed E-state index contributed by atoms with van der Waals surface area (Å²) >= 11 is 0. The van der Waals surface area contributed by atoms with E-state index in [1.54, 1.807) is 12.3 Å². The second-order valence-electron chi connectivity index (χ2n) is 3.52. The number of rotatable bonds is 4. The Morgan fingerprint density at radius 3 is 3.07 bits per heavy atom. The third-order valence-corrected chi connectivity index (χ3v) is 1.87. The van der Waals surface area contributed by atoms with E-state index in [4.69, 9.17) is 4.52 Å². The van der Waals surface area contributed by atoms with Crippen LogP contribution in [0.4, 0.5) is 0 Å². The summed E-state index contributed by atoms with van der Waals surface area (Å²) in [6.07, 6.45) is 1.64. The maximum atomic E-state index is 5.07. The summed E-state index contributed by atoms with van der Waals surface area (Å²) in [4.78, 5) is 4.21. The number of hydrogen-bond donors (Lipinski definition) is 2. The van der Waals surface area contributed by atoms with Crippen molar-refractivity contribution in [2.45, 2.75) is 26.4 Å². The van der Waals surface area contributed by atoms with E-state index in [2.05, 4.69) is 39.5 Å². The Kier molecular flexibility index (Phi) is 2.77. The first-order valence-corrected chi connectivity index (χ1v) is 4.81. The molecular formula is C9H13N5O. The number of hydrogen-bond acceptors (Lipinski definition) is 5. The zero-order valence-corrected chi connectivity index (χ0v) is 8.69. The maximum absolute atomic E-state index is 5.07. The molecule has 80 valence electrons. The zero-order valence-electron chi connectivity index (χ0n) is 8.69. The van der Waals surface area contributed by atoms with Crippen molar-refractivity contribution in [2.75, 3.05) is 0 Å². The lowest BCUT2D eigenvalue weighted by molar-refractivity contribution is 0.416. The molecule has 0 aliphatic rings. The van der Waals surface area contributed by atoms with Gasteiger partial charge in [0.2, 0.25) is 0 Å². The fourth-order valence-corrected chi connectivity index (χ4v) is 1.11. The minimum atomic E-state index is 0.402. The lowest BCUT2D eigenvalue weighted by Crippen LogP contribution is -2.22. The van der Waals surface area contributed by atoms with E-state index in [9.17, 15) is 0 Å². The third-order valence-electron chi connectivity index (χ3n) is 1.87. The molecule has 2 rings (SSSR count). The molecule has 0 amide bonds. The van der Waals surface area contributed by atoms with Crippen LogP contribution in [0, 0.1) is 0 Å². The van der Waals surface area contributed by atoms with E-state index in [-0.39, 0.29) is 0 Å². The Labute approximate surface area is 87.1 Å². The lowest BCUT2D eigenvalue weighted by atomic mass is 10.4. The summed E-state index contributed by atoms with van der Waals surface area (Å²) in [6, 6.07) is 2.19. The Hall–Kier alpha value is -1.69. The molecule has 2 N–H and O–H groups in total. The molecule has 0 unspecified atom stereocenters. The minimum Gasteiger partial charge on any atom is -0.332 e. The largest absolute Gasteiger partial charge is 0.332 e. The first kappa shape index (κ1) is 9.85. The van der Waals surface area contributed by atoms with Crippen LogP contribution >= 0.6 is 0 Å². The molecule has 15 heavy (non-hydrogen) atoms. The number of nitrogens with one attached hydrogen (secondary N) is 2. The van der Waals surface area contributed by atoms with Crippen LogP contribution in [0.1, 0.15) is 19.7 Å². The molecule has 0 aliphatic heterocycles. The molecule has 0 spiro atoms. The van der Waals surface area contributed by atoms with E-state index < -0.39 is 0 Å². The minimum absolute atomic E-state index is 0.402. The summed E-state index contributed by atoms with van der Waals surface area (Å²) in [6.45, 7) is 4.74. The first-order chi connectivity index (χ1) is 7.25. The van der Waals surface area contributed by atoms with Crippen molar-refractivity contribution < 1.29 is 4.52 Å². The van der Waals surface area contributed by atoms with Gasteiger partial charge >= 0.3 is 0 Å². The van der Waals surface area contributed by atoms with Crippen molar-refractivity contribution >= 4 is 0 Å². The van der Waals surface area contributed by atoms with Crippen molar-refractivity contribution in [1.29, 1.82) is 0 Å². The second-order valence-corrected chi connectivity index (χ2v) is 3.52. The third kappa shape index (κ3) is 2.41. The average molecular weight is 207 g/mol. The molecule has 0 saturated carbocycles. The van der Waals surface area contributed by atoms with Gasteiger partial charge in [0.1, 0.15) is 5.69 Å². The maximum Gasteiger partial charge on any atom is 0.275 e. The summed E-state index contributed by atoms with van der Waals surface area (Å²) in [5.41, 5.74) is 0.735. The monoisotopic (exact) mass is 207 g/mol. The van der Waals surface area contributed by atoms with E-state index in [0.29, 0.717) is 24.3 Å². The highest BCUT2D eigenvalue weighted by atomic mass is 16.5. The fraction of sp³-hybridized carbons (Fsp3) is 0.444. The first-order valence-electron chi connectivity index (χ1n) is 4.81. The molecule has 2 heterocycles. The topological polar surface area (TPSA) is 79.6 Å². The number of nitrogens with zero attached hydrogens (tertiary/aromatic N) is 3. The Bertz CT molecular complexity index is 406. The predicted molar refractivity (Wildman–Crippen MR) is 53.9 cm³/mol. The van der Waals surface area contributed by atoms with Crippen molar-refractivity contribution in [2.24, 2.45) is 0 Å². The summed E-state index contributed by atoms with van der Waals surface area (Å²) < 4.78 is 5.07. The van der Waals surface area contributed by atoms with Crippen molar-refractivity contribution in [3.05, 3.63) is 18.1 Å². The van der Waals surface area contributed by atoms with Crippen molar-refractivity contribution in [1.82, 2.24) is 25.7 Å². The van der Waals surface area contributed by atoms with Gasteiger partial charge in [0.25, 0.3) is 5.89 Å². The zero-order chi connectivity index (χ0) is 10.7. The van der Waals surface area contributed by atoms with E-state index >= 15 is 0 Å². The predicted octanol–water partition coefficient (Wildman–Crippen LogP) is 0.958. The van der Waals surface area contributed by atoms with Gasteiger partial charge in [-0.15, -0.1) is 0 Å². The standard InChI is InChI=1S/C9H13N5O/c1-6(2)10-5-8-12-9(15-14-8)7-3-4-11-13-7/h3-4,6,10H,5H2,1-2H3,(H,11,13). The van der Waals surface area contributed by atoms with Gasteiger partial charge in [0, 0.05) is 12.2 Å². The molecule has 6 heteroatoms. The lowest BCUT2D eigenvalue weighted by Gasteiger charge is -2.02. The normalized spacial score (nSPS) is 11.1. The van der Waals surface area contributed by atoms with Crippen molar-refractivity contribution in [3.8, 4) is 11.6 Å². The second kappa shape index (κ2) is 4.22. The molecule has 6 nitrogen and oxygen atoms in total.